The largest absolute Gasteiger partial charge is 0.428 e. The van der Waals surface area contributed by atoms with E-state index in [0.717, 1.165) is 34.8 Å². The third-order valence-electron chi connectivity index (χ3n) is 4.04. The SMILES string of the molecule is CCCCC(CO[SiH3])C1CCC(C)CC1. The van der Waals surface area contributed by atoms with Crippen LogP contribution in [0, 0.1) is 17.8 Å². The molecule has 0 heterocycles. The van der Waals surface area contributed by atoms with Crippen molar-refractivity contribution in [3.8, 4) is 0 Å². The number of hydrogen-bond donors (Lipinski definition) is 0. The predicted molar refractivity (Wildman–Crippen MR) is 70.0 cm³/mol. The normalized spacial score (nSPS) is 29.2. The second kappa shape index (κ2) is 7.45. The highest BCUT2D eigenvalue weighted by Gasteiger charge is 2.25. The van der Waals surface area contributed by atoms with Crippen LogP contribution in [0.15, 0.2) is 0 Å². The Morgan fingerprint density at radius 2 is 1.93 bits per heavy atom. The van der Waals surface area contributed by atoms with Gasteiger partial charge in [-0.15, -0.1) is 0 Å². The predicted octanol–water partition coefficient (Wildman–Crippen LogP) is 2.92. The molecule has 1 rings (SSSR count). The van der Waals surface area contributed by atoms with E-state index in [9.17, 15) is 0 Å². The van der Waals surface area contributed by atoms with E-state index < -0.39 is 0 Å². The third-order valence-corrected chi connectivity index (χ3v) is 4.37. The summed E-state index contributed by atoms with van der Waals surface area (Å²) in [4.78, 5) is 0. The average molecular weight is 228 g/mol. The maximum absolute atomic E-state index is 5.52. The van der Waals surface area contributed by atoms with Gasteiger partial charge in [0.2, 0.25) is 0 Å². The lowest BCUT2D eigenvalue weighted by molar-refractivity contribution is 0.144. The molecule has 1 nitrogen and oxygen atoms in total. The van der Waals surface area contributed by atoms with Crippen molar-refractivity contribution in [1.82, 2.24) is 0 Å². The third kappa shape index (κ3) is 4.69. The van der Waals surface area contributed by atoms with Crippen LogP contribution in [0.2, 0.25) is 0 Å². The first-order chi connectivity index (χ1) is 7.27. The van der Waals surface area contributed by atoms with Crippen molar-refractivity contribution in [2.75, 3.05) is 6.61 Å². The first-order valence-corrected chi connectivity index (χ1v) is 7.58. The summed E-state index contributed by atoms with van der Waals surface area (Å²) in [6.07, 6.45) is 9.95. The lowest BCUT2D eigenvalue weighted by atomic mass is 9.75. The molecule has 90 valence electrons. The average Bonchev–Trinajstić information content (AvgIpc) is 2.25. The Kier molecular flexibility index (Phi) is 6.58. The number of hydrogen-bond acceptors (Lipinski definition) is 1. The lowest BCUT2D eigenvalue weighted by Crippen LogP contribution is -2.24. The Hall–Kier alpha value is 0.177. The zero-order valence-electron chi connectivity index (χ0n) is 10.8. The monoisotopic (exact) mass is 228 g/mol. The second-order valence-electron chi connectivity index (χ2n) is 5.38. The quantitative estimate of drug-likeness (QED) is 0.635. The molecule has 1 aliphatic carbocycles. The van der Waals surface area contributed by atoms with Crippen molar-refractivity contribution in [2.45, 2.75) is 58.8 Å². The van der Waals surface area contributed by atoms with Crippen LogP contribution in [0.3, 0.4) is 0 Å². The Labute approximate surface area is 98.5 Å². The minimum Gasteiger partial charge on any atom is -0.428 e. The van der Waals surface area contributed by atoms with Gasteiger partial charge in [-0.25, -0.2) is 0 Å². The summed E-state index contributed by atoms with van der Waals surface area (Å²) in [5, 5.41) is 0. The maximum atomic E-state index is 5.52. The molecule has 0 N–H and O–H groups in total. The molecule has 0 saturated heterocycles. The van der Waals surface area contributed by atoms with Crippen molar-refractivity contribution in [1.29, 1.82) is 0 Å². The summed E-state index contributed by atoms with van der Waals surface area (Å²) in [6, 6.07) is 0. The fourth-order valence-corrected chi connectivity index (χ4v) is 3.32. The molecule has 0 radical (unpaired) electrons. The zero-order chi connectivity index (χ0) is 11.1. The Balaban J connectivity index is 2.33. The summed E-state index contributed by atoms with van der Waals surface area (Å²) >= 11 is 0. The van der Waals surface area contributed by atoms with Crippen LogP contribution < -0.4 is 0 Å². The van der Waals surface area contributed by atoms with Crippen molar-refractivity contribution < 1.29 is 4.43 Å². The molecule has 0 aromatic carbocycles. The van der Waals surface area contributed by atoms with E-state index in [1.807, 2.05) is 0 Å². The molecule has 1 fully saturated rings. The van der Waals surface area contributed by atoms with Gasteiger partial charge in [0.15, 0.2) is 0 Å². The molecule has 0 aliphatic heterocycles. The van der Waals surface area contributed by atoms with Gasteiger partial charge in [-0.3, -0.25) is 0 Å². The fraction of sp³-hybridized carbons (Fsp3) is 1.00. The van der Waals surface area contributed by atoms with Crippen molar-refractivity contribution in [3.63, 3.8) is 0 Å². The summed E-state index contributed by atoms with van der Waals surface area (Å²) in [7, 11) is 0.912. The summed E-state index contributed by atoms with van der Waals surface area (Å²) < 4.78 is 5.52. The molecule has 0 spiro atoms. The molecule has 1 saturated carbocycles. The molecule has 1 aliphatic rings. The van der Waals surface area contributed by atoms with Crippen molar-refractivity contribution in [2.24, 2.45) is 17.8 Å². The summed E-state index contributed by atoms with van der Waals surface area (Å²) in [5.74, 6) is 2.82. The molecule has 0 aromatic rings. The highest BCUT2D eigenvalue weighted by Crippen LogP contribution is 2.35. The smallest absolute Gasteiger partial charge is 0.145 e. The zero-order valence-corrected chi connectivity index (χ0v) is 12.8. The van der Waals surface area contributed by atoms with Crippen molar-refractivity contribution >= 4 is 10.5 Å². The Morgan fingerprint density at radius 3 is 2.47 bits per heavy atom. The van der Waals surface area contributed by atoms with Crippen LogP contribution in [0.5, 0.6) is 0 Å². The van der Waals surface area contributed by atoms with E-state index in [-0.39, 0.29) is 0 Å². The second-order valence-corrected chi connectivity index (χ2v) is 5.95. The summed E-state index contributed by atoms with van der Waals surface area (Å²) in [6.45, 7) is 5.74. The van der Waals surface area contributed by atoms with E-state index in [4.69, 9.17) is 4.43 Å². The van der Waals surface area contributed by atoms with Crippen molar-refractivity contribution in [3.05, 3.63) is 0 Å². The van der Waals surface area contributed by atoms with Gasteiger partial charge >= 0.3 is 0 Å². The molecular weight excluding hydrogens is 200 g/mol. The molecule has 1 atom stereocenters. The van der Waals surface area contributed by atoms with Crippen LogP contribution in [0.4, 0.5) is 0 Å². The molecular formula is C13H28OSi. The molecule has 0 amide bonds. The van der Waals surface area contributed by atoms with E-state index in [1.165, 1.54) is 44.9 Å². The highest BCUT2D eigenvalue weighted by atomic mass is 28.2. The minimum atomic E-state index is 0.870. The molecule has 0 bridgehead atoms. The van der Waals surface area contributed by atoms with Gasteiger partial charge in [0.05, 0.1) is 0 Å². The fourth-order valence-electron chi connectivity index (χ4n) is 2.89. The highest BCUT2D eigenvalue weighted by molar-refractivity contribution is 5.97. The number of unbranched alkanes of at least 4 members (excludes halogenated alkanes) is 1. The topological polar surface area (TPSA) is 9.23 Å². The van der Waals surface area contributed by atoms with E-state index in [2.05, 4.69) is 13.8 Å². The van der Waals surface area contributed by atoms with Gasteiger partial charge in [-0.1, -0.05) is 39.5 Å². The molecule has 15 heavy (non-hydrogen) atoms. The first kappa shape index (κ1) is 13.2. The van der Waals surface area contributed by atoms with E-state index in [1.54, 1.807) is 0 Å². The van der Waals surface area contributed by atoms with Crippen LogP contribution >= 0.6 is 0 Å². The van der Waals surface area contributed by atoms with Gasteiger partial charge < -0.3 is 4.43 Å². The minimum absolute atomic E-state index is 0.870. The van der Waals surface area contributed by atoms with Gasteiger partial charge in [0.25, 0.3) is 0 Å². The Bertz CT molecular complexity index is 153. The van der Waals surface area contributed by atoms with Gasteiger partial charge in [-0.2, -0.15) is 0 Å². The van der Waals surface area contributed by atoms with Crippen LogP contribution in [-0.2, 0) is 4.43 Å². The van der Waals surface area contributed by atoms with E-state index in [0.29, 0.717) is 0 Å². The molecule has 2 heteroatoms. The molecule has 0 aromatic heterocycles. The van der Waals surface area contributed by atoms with Gasteiger partial charge in [0.1, 0.15) is 10.5 Å². The first-order valence-electron chi connectivity index (χ1n) is 6.76. The standard InChI is InChI=1S/C13H28OSi/c1-3-4-5-13(10-14-15)12-8-6-11(2)7-9-12/h11-13H,3-10H2,1-2,15H3. The van der Waals surface area contributed by atoms with Crippen LogP contribution in [-0.4, -0.2) is 17.1 Å². The van der Waals surface area contributed by atoms with Gasteiger partial charge in [0, 0.05) is 6.61 Å². The Morgan fingerprint density at radius 1 is 1.27 bits per heavy atom. The van der Waals surface area contributed by atoms with Crippen LogP contribution in [0.25, 0.3) is 0 Å². The number of rotatable bonds is 6. The van der Waals surface area contributed by atoms with E-state index >= 15 is 0 Å². The lowest BCUT2D eigenvalue weighted by Gasteiger charge is -2.32. The molecule has 1 unspecified atom stereocenters. The maximum Gasteiger partial charge on any atom is 0.145 e. The summed E-state index contributed by atoms with van der Waals surface area (Å²) in [5.41, 5.74) is 0. The van der Waals surface area contributed by atoms with Gasteiger partial charge in [-0.05, 0) is 37.0 Å². The van der Waals surface area contributed by atoms with Crippen LogP contribution in [0.1, 0.15) is 58.8 Å².